The molecule has 1 nitrogen and oxygen atoms in total. The standard InChI is InChI=1S/C11H25NS/c1-5-8-13-10(4)9-12-11(6-2)7-3/h10-12H,5-9H2,1-4H3. The Bertz CT molecular complexity index is 102. The number of nitrogens with one attached hydrogen (secondary N) is 1. The third-order valence-electron chi connectivity index (χ3n) is 2.29. The Hall–Kier alpha value is 0.310. The lowest BCUT2D eigenvalue weighted by Crippen LogP contribution is -2.32. The molecule has 0 aromatic carbocycles. The zero-order valence-corrected chi connectivity index (χ0v) is 10.4. The minimum Gasteiger partial charge on any atom is -0.313 e. The summed E-state index contributed by atoms with van der Waals surface area (Å²) in [5, 5.41) is 4.37. The van der Waals surface area contributed by atoms with Crippen LogP contribution < -0.4 is 5.32 Å². The third-order valence-corrected chi connectivity index (χ3v) is 3.67. The number of thioether (sulfide) groups is 1. The van der Waals surface area contributed by atoms with Crippen LogP contribution in [0.2, 0.25) is 0 Å². The monoisotopic (exact) mass is 203 g/mol. The van der Waals surface area contributed by atoms with Crippen LogP contribution in [0.25, 0.3) is 0 Å². The Morgan fingerprint density at radius 1 is 1.15 bits per heavy atom. The summed E-state index contributed by atoms with van der Waals surface area (Å²) in [6, 6.07) is 0.727. The first-order chi connectivity index (χ1) is 6.24. The van der Waals surface area contributed by atoms with Gasteiger partial charge in [0.1, 0.15) is 0 Å². The number of hydrogen-bond donors (Lipinski definition) is 1. The van der Waals surface area contributed by atoms with Gasteiger partial charge in [-0.25, -0.2) is 0 Å². The fourth-order valence-electron chi connectivity index (χ4n) is 1.29. The van der Waals surface area contributed by atoms with Crippen LogP contribution in [-0.4, -0.2) is 23.6 Å². The molecule has 0 fully saturated rings. The molecular formula is C11H25NS. The van der Waals surface area contributed by atoms with Crippen LogP contribution in [0.5, 0.6) is 0 Å². The lowest BCUT2D eigenvalue weighted by Gasteiger charge is -2.18. The van der Waals surface area contributed by atoms with Gasteiger partial charge in [-0.2, -0.15) is 11.8 Å². The predicted molar refractivity (Wildman–Crippen MR) is 64.6 cm³/mol. The second-order valence-electron chi connectivity index (χ2n) is 3.60. The highest BCUT2D eigenvalue weighted by molar-refractivity contribution is 7.99. The molecule has 0 bridgehead atoms. The van der Waals surface area contributed by atoms with E-state index in [0.717, 1.165) is 17.8 Å². The van der Waals surface area contributed by atoms with Gasteiger partial charge in [0.25, 0.3) is 0 Å². The minimum atomic E-state index is 0.727. The van der Waals surface area contributed by atoms with Crippen LogP contribution in [0.3, 0.4) is 0 Å². The summed E-state index contributed by atoms with van der Waals surface area (Å²) in [5.74, 6) is 1.30. The largest absolute Gasteiger partial charge is 0.313 e. The van der Waals surface area contributed by atoms with Crippen molar-refractivity contribution >= 4 is 11.8 Å². The van der Waals surface area contributed by atoms with E-state index in [1.807, 2.05) is 0 Å². The highest BCUT2D eigenvalue weighted by Gasteiger charge is 2.05. The molecular weight excluding hydrogens is 178 g/mol. The van der Waals surface area contributed by atoms with Gasteiger partial charge < -0.3 is 5.32 Å². The van der Waals surface area contributed by atoms with E-state index in [9.17, 15) is 0 Å². The molecule has 13 heavy (non-hydrogen) atoms. The molecule has 0 amide bonds. The van der Waals surface area contributed by atoms with Gasteiger partial charge in [0, 0.05) is 17.8 Å². The zero-order chi connectivity index (χ0) is 10.1. The molecule has 2 heteroatoms. The van der Waals surface area contributed by atoms with E-state index < -0.39 is 0 Å². The molecule has 0 aliphatic heterocycles. The van der Waals surface area contributed by atoms with E-state index in [4.69, 9.17) is 0 Å². The van der Waals surface area contributed by atoms with Crippen LogP contribution in [-0.2, 0) is 0 Å². The van der Waals surface area contributed by atoms with E-state index in [0.29, 0.717) is 0 Å². The van der Waals surface area contributed by atoms with Crippen molar-refractivity contribution in [3.63, 3.8) is 0 Å². The van der Waals surface area contributed by atoms with Gasteiger partial charge in [-0.3, -0.25) is 0 Å². The predicted octanol–water partition coefficient (Wildman–Crippen LogP) is 3.30. The first kappa shape index (κ1) is 13.3. The van der Waals surface area contributed by atoms with Gasteiger partial charge in [0.05, 0.1) is 0 Å². The number of hydrogen-bond acceptors (Lipinski definition) is 2. The smallest absolute Gasteiger partial charge is 0.0144 e. The SMILES string of the molecule is CCCSC(C)CNC(CC)CC. The minimum absolute atomic E-state index is 0.727. The fourth-order valence-corrected chi connectivity index (χ4v) is 2.14. The summed E-state index contributed by atoms with van der Waals surface area (Å²) in [5.41, 5.74) is 0. The molecule has 1 atom stereocenters. The van der Waals surface area contributed by atoms with E-state index in [1.165, 1.54) is 25.0 Å². The molecule has 0 radical (unpaired) electrons. The van der Waals surface area contributed by atoms with Crippen molar-refractivity contribution in [3.05, 3.63) is 0 Å². The lowest BCUT2D eigenvalue weighted by atomic mass is 10.2. The van der Waals surface area contributed by atoms with Crippen molar-refractivity contribution in [3.8, 4) is 0 Å². The first-order valence-electron chi connectivity index (χ1n) is 5.59. The number of rotatable bonds is 8. The first-order valence-corrected chi connectivity index (χ1v) is 6.64. The lowest BCUT2D eigenvalue weighted by molar-refractivity contribution is 0.488. The maximum absolute atomic E-state index is 3.61. The van der Waals surface area contributed by atoms with E-state index in [2.05, 4.69) is 44.8 Å². The summed E-state index contributed by atoms with van der Waals surface area (Å²) in [4.78, 5) is 0. The molecule has 0 spiro atoms. The Morgan fingerprint density at radius 2 is 1.77 bits per heavy atom. The Labute approximate surface area is 88.1 Å². The van der Waals surface area contributed by atoms with Crippen molar-refractivity contribution in [2.75, 3.05) is 12.3 Å². The summed E-state index contributed by atoms with van der Waals surface area (Å²) >= 11 is 2.08. The van der Waals surface area contributed by atoms with E-state index in [1.54, 1.807) is 0 Å². The molecule has 0 aliphatic rings. The third kappa shape index (κ3) is 7.39. The van der Waals surface area contributed by atoms with Crippen molar-refractivity contribution in [1.82, 2.24) is 5.32 Å². The summed E-state index contributed by atoms with van der Waals surface area (Å²) in [6.45, 7) is 10.2. The normalized spacial score (nSPS) is 13.6. The highest BCUT2D eigenvalue weighted by Crippen LogP contribution is 2.10. The van der Waals surface area contributed by atoms with Crippen LogP contribution in [0, 0.1) is 0 Å². The van der Waals surface area contributed by atoms with Crippen molar-refractivity contribution in [2.45, 2.75) is 58.2 Å². The topological polar surface area (TPSA) is 12.0 Å². The summed E-state index contributed by atoms with van der Waals surface area (Å²) in [6.07, 6.45) is 3.79. The van der Waals surface area contributed by atoms with Crippen LogP contribution >= 0.6 is 11.8 Å². The Morgan fingerprint density at radius 3 is 2.23 bits per heavy atom. The van der Waals surface area contributed by atoms with Gasteiger partial charge in [-0.1, -0.05) is 27.7 Å². The molecule has 0 aromatic heterocycles. The van der Waals surface area contributed by atoms with Gasteiger partial charge in [-0.15, -0.1) is 0 Å². The average Bonchev–Trinajstić information content (AvgIpc) is 2.16. The van der Waals surface area contributed by atoms with Gasteiger partial charge >= 0.3 is 0 Å². The van der Waals surface area contributed by atoms with Crippen LogP contribution in [0.4, 0.5) is 0 Å². The maximum Gasteiger partial charge on any atom is 0.0144 e. The van der Waals surface area contributed by atoms with Crippen LogP contribution in [0.15, 0.2) is 0 Å². The second kappa shape index (κ2) is 8.89. The molecule has 1 N–H and O–H groups in total. The second-order valence-corrected chi connectivity index (χ2v) is 5.15. The molecule has 0 heterocycles. The van der Waals surface area contributed by atoms with Crippen molar-refractivity contribution < 1.29 is 0 Å². The zero-order valence-electron chi connectivity index (χ0n) is 9.60. The Balaban J connectivity index is 3.38. The molecule has 80 valence electrons. The van der Waals surface area contributed by atoms with Gasteiger partial charge in [-0.05, 0) is 25.0 Å². The van der Waals surface area contributed by atoms with Crippen molar-refractivity contribution in [2.24, 2.45) is 0 Å². The summed E-state index contributed by atoms with van der Waals surface area (Å²) in [7, 11) is 0. The van der Waals surface area contributed by atoms with E-state index >= 15 is 0 Å². The summed E-state index contributed by atoms with van der Waals surface area (Å²) < 4.78 is 0. The molecule has 0 saturated heterocycles. The van der Waals surface area contributed by atoms with Gasteiger partial charge in [0.2, 0.25) is 0 Å². The van der Waals surface area contributed by atoms with Crippen LogP contribution in [0.1, 0.15) is 47.0 Å². The fraction of sp³-hybridized carbons (Fsp3) is 1.00. The Kier molecular flexibility index (Phi) is 9.10. The van der Waals surface area contributed by atoms with Crippen molar-refractivity contribution in [1.29, 1.82) is 0 Å². The van der Waals surface area contributed by atoms with E-state index in [-0.39, 0.29) is 0 Å². The molecule has 0 saturated carbocycles. The quantitative estimate of drug-likeness (QED) is 0.649. The highest BCUT2D eigenvalue weighted by atomic mass is 32.2. The molecule has 0 aliphatic carbocycles. The molecule has 1 unspecified atom stereocenters. The average molecular weight is 203 g/mol. The molecule has 0 aromatic rings. The molecule has 0 rings (SSSR count). The maximum atomic E-state index is 3.61. The van der Waals surface area contributed by atoms with Gasteiger partial charge in [0.15, 0.2) is 0 Å².